The summed E-state index contributed by atoms with van der Waals surface area (Å²) >= 11 is 0. The van der Waals surface area contributed by atoms with E-state index < -0.39 is 21.2 Å². The summed E-state index contributed by atoms with van der Waals surface area (Å²) in [6, 6.07) is 3.18. The molecule has 1 rings (SSSR count). The lowest BCUT2D eigenvalue weighted by Gasteiger charge is -1.95. The van der Waals surface area contributed by atoms with Crippen LogP contribution in [-0.2, 0) is 0 Å². The highest BCUT2D eigenvalue weighted by Gasteiger charge is 2.23. The molecular weight excluding hydrogens is 206 g/mol. The van der Waals surface area contributed by atoms with Crippen LogP contribution in [0.25, 0.3) is 0 Å². The van der Waals surface area contributed by atoms with Gasteiger partial charge in [0.25, 0.3) is 0 Å². The second-order valence-electron chi connectivity index (χ2n) is 2.51. The molecular formula is C7H5N3O5. The van der Waals surface area contributed by atoms with Gasteiger partial charge in [-0.15, -0.1) is 0 Å². The van der Waals surface area contributed by atoms with E-state index in [4.69, 9.17) is 5.21 Å². The highest BCUT2D eigenvalue weighted by molar-refractivity contribution is 5.81. The molecule has 0 amide bonds. The molecule has 0 spiro atoms. The summed E-state index contributed by atoms with van der Waals surface area (Å²) in [7, 11) is 0. The fourth-order valence-corrected chi connectivity index (χ4v) is 0.988. The van der Waals surface area contributed by atoms with E-state index in [0.29, 0.717) is 0 Å². The smallest absolute Gasteiger partial charge is 0.346 e. The minimum absolute atomic E-state index is 0.204. The monoisotopic (exact) mass is 211 g/mol. The van der Waals surface area contributed by atoms with Crippen molar-refractivity contribution in [1.82, 2.24) is 0 Å². The molecule has 0 atom stereocenters. The van der Waals surface area contributed by atoms with Gasteiger partial charge in [0, 0.05) is 17.7 Å². The number of oxime groups is 1. The van der Waals surface area contributed by atoms with Gasteiger partial charge in [-0.1, -0.05) is 5.16 Å². The first kappa shape index (κ1) is 10.6. The Morgan fingerprint density at radius 1 is 1.20 bits per heavy atom. The number of benzene rings is 1. The molecule has 8 heteroatoms. The van der Waals surface area contributed by atoms with Crippen LogP contribution in [0, 0.1) is 20.2 Å². The van der Waals surface area contributed by atoms with Crippen molar-refractivity contribution < 1.29 is 15.1 Å². The predicted octanol–water partition coefficient (Wildman–Crippen LogP) is 1.31. The van der Waals surface area contributed by atoms with Gasteiger partial charge in [0.2, 0.25) is 0 Å². The largest absolute Gasteiger partial charge is 0.411 e. The number of rotatable bonds is 3. The van der Waals surface area contributed by atoms with Gasteiger partial charge in [0.05, 0.1) is 16.1 Å². The van der Waals surface area contributed by atoms with Crippen molar-refractivity contribution in [3.8, 4) is 0 Å². The molecule has 1 N–H and O–H groups in total. The SMILES string of the molecule is O=[N+]([O-])c1ccc(/C=N/O)cc1[N+](=O)[O-]. The number of nitrogens with zero attached hydrogens (tertiary/aromatic N) is 3. The lowest BCUT2D eigenvalue weighted by molar-refractivity contribution is -0.422. The number of hydrogen-bond acceptors (Lipinski definition) is 6. The topological polar surface area (TPSA) is 119 Å². The van der Waals surface area contributed by atoms with E-state index in [1.807, 2.05) is 0 Å². The Morgan fingerprint density at radius 3 is 2.27 bits per heavy atom. The van der Waals surface area contributed by atoms with E-state index in [-0.39, 0.29) is 5.56 Å². The van der Waals surface area contributed by atoms with Crippen LogP contribution in [0.15, 0.2) is 23.4 Å². The first-order valence-corrected chi connectivity index (χ1v) is 3.66. The quantitative estimate of drug-likeness (QED) is 0.349. The van der Waals surface area contributed by atoms with Crippen molar-refractivity contribution in [2.24, 2.45) is 5.16 Å². The standard InChI is InChI=1S/C7H5N3O5/c11-8-4-5-1-2-6(9(12)13)7(3-5)10(14)15/h1-4,11H/b8-4+. The lowest BCUT2D eigenvalue weighted by Crippen LogP contribution is -1.97. The number of nitro benzene ring substituents is 2. The van der Waals surface area contributed by atoms with E-state index in [2.05, 4.69) is 5.16 Å². The molecule has 0 radical (unpaired) electrons. The zero-order valence-corrected chi connectivity index (χ0v) is 7.23. The van der Waals surface area contributed by atoms with Crippen LogP contribution in [0.3, 0.4) is 0 Å². The van der Waals surface area contributed by atoms with E-state index in [9.17, 15) is 20.2 Å². The summed E-state index contributed by atoms with van der Waals surface area (Å²) in [5.74, 6) is 0. The van der Waals surface area contributed by atoms with E-state index >= 15 is 0 Å². The second-order valence-corrected chi connectivity index (χ2v) is 2.51. The molecule has 8 nitrogen and oxygen atoms in total. The maximum atomic E-state index is 10.5. The summed E-state index contributed by atoms with van der Waals surface area (Å²) < 4.78 is 0. The summed E-state index contributed by atoms with van der Waals surface area (Å²) in [4.78, 5) is 19.2. The average molecular weight is 211 g/mol. The molecule has 1 aromatic carbocycles. The Kier molecular flexibility index (Phi) is 2.91. The summed E-state index contributed by atoms with van der Waals surface area (Å²) in [6.45, 7) is 0. The van der Waals surface area contributed by atoms with Crippen molar-refractivity contribution in [3.05, 3.63) is 44.0 Å². The normalized spacial score (nSPS) is 10.4. The Hall–Kier alpha value is -2.51. The molecule has 0 unspecified atom stereocenters. The van der Waals surface area contributed by atoms with Crippen molar-refractivity contribution in [1.29, 1.82) is 0 Å². The molecule has 0 heterocycles. The van der Waals surface area contributed by atoms with Gasteiger partial charge in [0.15, 0.2) is 0 Å². The predicted molar refractivity (Wildman–Crippen MR) is 49.1 cm³/mol. The summed E-state index contributed by atoms with van der Waals surface area (Å²) in [5.41, 5.74) is -1.04. The number of nitro groups is 2. The average Bonchev–Trinajstić information content (AvgIpc) is 2.17. The van der Waals surface area contributed by atoms with Crippen molar-refractivity contribution in [2.75, 3.05) is 0 Å². The summed E-state index contributed by atoms with van der Waals surface area (Å²) in [6.07, 6.45) is 0.941. The van der Waals surface area contributed by atoms with Crippen LogP contribution >= 0.6 is 0 Å². The van der Waals surface area contributed by atoms with E-state index in [1.54, 1.807) is 0 Å². The first-order valence-electron chi connectivity index (χ1n) is 3.66. The fourth-order valence-electron chi connectivity index (χ4n) is 0.988. The van der Waals surface area contributed by atoms with Gasteiger partial charge in [-0.05, 0) is 6.07 Å². The third-order valence-corrected chi connectivity index (χ3v) is 1.60. The molecule has 0 aliphatic rings. The highest BCUT2D eigenvalue weighted by atomic mass is 16.6. The third kappa shape index (κ3) is 2.24. The van der Waals surface area contributed by atoms with Gasteiger partial charge in [0.1, 0.15) is 0 Å². The van der Waals surface area contributed by atoms with E-state index in [0.717, 1.165) is 18.3 Å². The molecule has 1 aromatic rings. The van der Waals surface area contributed by atoms with Crippen LogP contribution in [0.2, 0.25) is 0 Å². The van der Waals surface area contributed by atoms with Crippen LogP contribution in [-0.4, -0.2) is 21.3 Å². The van der Waals surface area contributed by atoms with Gasteiger partial charge in [-0.2, -0.15) is 0 Å². The minimum Gasteiger partial charge on any atom is -0.411 e. The second kappa shape index (κ2) is 4.13. The first-order chi connectivity index (χ1) is 7.06. The molecule has 0 saturated heterocycles. The van der Waals surface area contributed by atoms with Crippen molar-refractivity contribution in [3.63, 3.8) is 0 Å². The Labute approximate surface area is 82.7 Å². The molecule has 0 aliphatic heterocycles. The number of hydrogen-bond donors (Lipinski definition) is 1. The fraction of sp³-hybridized carbons (Fsp3) is 0. The maximum Gasteiger partial charge on any atom is 0.346 e. The van der Waals surface area contributed by atoms with Crippen molar-refractivity contribution >= 4 is 17.6 Å². The molecule has 0 bridgehead atoms. The molecule has 0 aromatic heterocycles. The lowest BCUT2D eigenvalue weighted by atomic mass is 10.2. The zero-order chi connectivity index (χ0) is 11.4. The van der Waals surface area contributed by atoms with Gasteiger partial charge >= 0.3 is 11.4 Å². The third-order valence-electron chi connectivity index (χ3n) is 1.60. The maximum absolute atomic E-state index is 10.5. The zero-order valence-electron chi connectivity index (χ0n) is 7.23. The Bertz CT molecular complexity index is 442. The van der Waals surface area contributed by atoms with Crippen LogP contribution < -0.4 is 0 Å². The van der Waals surface area contributed by atoms with E-state index in [1.165, 1.54) is 6.07 Å². The molecule has 0 aliphatic carbocycles. The molecule has 78 valence electrons. The highest BCUT2D eigenvalue weighted by Crippen LogP contribution is 2.26. The minimum atomic E-state index is -0.868. The van der Waals surface area contributed by atoms with Gasteiger partial charge in [-0.3, -0.25) is 20.2 Å². The van der Waals surface area contributed by atoms with Crippen LogP contribution in [0.5, 0.6) is 0 Å². The summed E-state index contributed by atoms with van der Waals surface area (Å²) in [5, 5.41) is 31.7. The van der Waals surface area contributed by atoms with Crippen LogP contribution in [0.4, 0.5) is 11.4 Å². The van der Waals surface area contributed by atoms with Gasteiger partial charge in [-0.25, -0.2) is 0 Å². The Morgan fingerprint density at radius 2 is 1.80 bits per heavy atom. The van der Waals surface area contributed by atoms with Gasteiger partial charge < -0.3 is 5.21 Å². The molecule has 15 heavy (non-hydrogen) atoms. The molecule has 0 fully saturated rings. The van der Waals surface area contributed by atoms with Crippen LogP contribution in [0.1, 0.15) is 5.56 Å². The molecule has 0 saturated carbocycles. The Balaban J connectivity index is 3.33. The van der Waals surface area contributed by atoms with Crippen molar-refractivity contribution in [2.45, 2.75) is 0 Å².